The molecule has 0 amide bonds. The molecule has 2 atom stereocenters. The number of hydrogen-bond donors (Lipinski definition) is 2. The van der Waals surface area contributed by atoms with Gasteiger partial charge >= 0.3 is 0 Å². The average molecular weight is 372 g/mol. The van der Waals surface area contributed by atoms with E-state index >= 15 is 0 Å². The molecule has 1 aromatic carbocycles. The Bertz CT molecular complexity index is 414. The van der Waals surface area contributed by atoms with Crippen molar-refractivity contribution in [2.24, 2.45) is 5.84 Å². The van der Waals surface area contributed by atoms with Gasteiger partial charge in [0.1, 0.15) is 0 Å². The zero-order valence-electron chi connectivity index (χ0n) is 11.1. The maximum absolute atomic E-state index is 5.82. The van der Waals surface area contributed by atoms with Gasteiger partial charge in [-0.15, -0.1) is 0 Å². The highest BCUT2D eigenvalue weighted by molar-refractivity contribution is 14.1. The summed E-state index contributed by atoms with van der Waals surface area (Å²) in [6, 6.07) is 9.64. The van der Waals surface area contributed by atoms with Gasteiger partial charge in [0.15, 0.2) is 0 Å². The lowest BCUT2D eigenvalue weighted by Crippen LogP contribution is -2.67. The van der Waals surface area contributed by atoms with E-state index in [4.69, 9.17) is 5.84 Å². The molecule has 5 heteroatoms. The molecule has 3 heterocycles. The van der Waals surface area contributed by atoms with E-state index in [1.165, 1.54) is 35.3 Å². The van der Waals surface area contributed by atoms with Crippen LogP contribution in [0.15, 0.2) is 24.3 Å². The summed E-state index contributed by atoms with van der Waals surface area (Å²) in [5.74, 6) is 5.82. The second-order valence-corrected chi connectivity index (χ2v) is 6.75. The molecule has 3 aliphatic heterocycles. The first-order valence-corrected chi connectivity index (χ1v) is 8.01. The molecule has 0 aromatic heterocycles. The maximum atomic E-state index is 5.82. The molecular formula is C14H21IN4. The number of rotatable bonds is 4. The van der Waals surface area contributed by atoms with Gasteiger partial charge in [-0.3, -0.25) is 21.1 Å². The van der Waals surface area contributed by atoms with Crippen molar-refractivity contribution < 1.29 is 0 Å². The Morgan fingerprint density at radius 1 is 1.21 bits per heavy atom. The molecule has 0 aliphatic carbocycles. The molecule has 3 N–H and O–H groups in total. The van der Waals surface area contributed by atoms with Crippen LogP contribution in [0.1, 0.15) is 5.56 Å². The molecule has 3 aliphatic rings. The molecule has 3 fully saturated rings. The van der Waals surface area contributed by atoms with E-state index in [-0.39, 0.29) is 0 Å². The van der Waals surface area contributed by atoms with Crippen molar-refractivity contribution in [1.82, 2.24) is 15.2 Å². The summed E-state index contributed by atoms with van der Waals surface area (Å²) in [4.78, 5) is 5.15. The van der Waals surface area contributed by atoms with Crippen LogP contribution in [-0.4, -0.2) is 54.6 Å². The number of benzene rings is 1. The summed E-state index contributed by atoms with van der Waals surface area (Å²) in [6.07, 6.45) is 1.00. The van der Waals surface area contributed by atoms with E-state index in [1.807, 2.05) is 0 Å². The Hall–Kier alpha value is -0.210. The van der Waals surface area contributed by atoms with Crippen LogP contribution in [0.4, 0.5) is 0 Å². The minimum Gasteiger partial charge on any atom is -0.299 e. The first-order chi connectivity index (χ1) is 9.26. The number of hydrazine groups is 1. The zero-order valence-corrected chi connectivity index (χ0v) is 13.2. The Kier molecular flexibility index (Phi) is 4.38. The Labute approximate surface area is 128 Å². The third kappa shape index (κ3) is 3.11. The van der Waals surface area contributed by atoms with Crippen LogP contribution in [0, 0.1) is 3.57 Å². The fraction of sp³-hybridized carbons (Fsp3) is 0.571. The largest absolute Gasteiger partial charge is 0.299 e. The van der Waals surface area contributed by atoms with Gasteiger partial charge in [-0.05, 0) is 46.7 Å². The van der Waals surface area contributed by atoms with Gasteiger partial charge in [0, 0.05) is 48.4 Å². The third-order valence-corrected chi connectivity index (χ3v) is 5.09. The second kappa shape index (κ2) is 6.05. The van der Waals surface area contributed by atoms with Gasteiger partial charge in [-0.25, -0.2) is 0 Å². The van der Waals surface area contributed by atoms with E-state index in [0.29, 0.717) is 12.1 Å². The lowest BCUT2D eigenvalue weighted by atomic mass is 9.95. The lowest BCUT2D eigenvalue weighted by molar-refractivity contribution is -0.00314. The quantitative estimate of drug-likeness (QED) is 0.463. The lowest BCUT2D eigenvalue weighted by Gasteiger charge is -2.50. The molecule has 1 aromatic rings. The van der Waals surface area contributed by atoms with Gasteiger partial charge in [0.05, 0.1) is 0 Å². The third-order valence-electron chi connectivity index (χ3n) is 4.37. The molecule has 104 valence electrons. The highest BCUT2D eigenvalue weighted by atomic mass is 127. The first-order valence-electron chi connectivity index (χ1n) is 6.93. The predicted octanol–water partition coefficient (Wildman–Crippen LogP) is 0.665. The van der Waals surface area contributed by atoms with Crippen LogP contribution in [0.3, 0.4) is 0 Å². The molecule has 4 nitrogen and oxygen atoms in total. The molecule has 3 saturated heterocycles. The molecular weight excluding hydrogens is 351 g/mol. The number of piperazine rings is 3. The number of hydrogen-bond acceptors (Lipinski definition) is 4. The van der Waals surface area contributed by atoms with Gasteiger partial charge in [0.2, 0.25) is 0 Å². The number of nitrogens with zero attached hydrogens (tertiary/aromatic N) is 2. The van der Waals surface area contributed by atoms with Gasteiger partial charge in [-0.1, -0.05) is 12.1 Å². The van der Waals surface area contributed by atoms with Crippen molar-refractivity contribution in [3.05, 3.63) is 33.4 Å². The summed E-state index contributed by atoms with van der Waals surface area (Å²) >= 11 is 2.34. The minimum atomic E-state index is 0.336. The van der Waals surface area contributed by atoms with Crippen molar-refractivity contribution in [1.29, 1.82) is 0 Å². The van der Waals surface area contributed by atoms with E-state index in [1.54, 1.807) is 0 Å². The molecule has 19 heavy (non-hydrogen) atoms. The fourth-order valence-electron chi connectivity index (χ4n) is 3.22. The standard InChI is InChI=1S/C14H21IN4/c15-12-3-1-11(2-4-12)9-13(17-16)14-10-18-5-7-19(14)8-6-18/h1-4,13-14,17H,5-10,16H2. The van der Waals surface area contributed by atoms with Gasteiger partial charge in [-0.2, -0.15) is 0 Å². The van der Waals surface area contributed by atoms with Crippen LogP contribution < -0.4 is 11.3 Å². The Morgan fingerprint density at radius 3 is 2.42 bits per heavy atom. The fourth-order valence-corrected chi connectivity index (χ4v) is 3.58. The molecule has 0 radical (unpaired) electrons. The number of nitrogens with two attached hydrogens (primary N) is 1. The number of fused-ring (bicyclic) bond motifs is 3. The monoisotopic (exact) mass is 372 g/mol. The SMILES string of the molecule is NNC(Cc1ccc(I)cc1)C1CN2CCN1CC2. The van der Waals surface area contributed by atoms with Crippen molar-refractivity contribution in [3.8, 4) is 0 Å². The zero-order chi connectivity index (χ0) is 13.2. The first kappa shape index (κ1) is 13.8. The van der Waals surface area contributed by atoms with Crippen LogP contribution in [0.25, 0.3) is 0 Å². The van der Waals surface area contributed by atoms with Crippen molar-refractivity contribution in [3.63, 3.8) is 0 Å². The molecule has 0 spiro atoms. The van der Waals surface area contributed by atoms with E-state index < -0.39 is 0 Å². The highest BCUT2D eigenvalue weighted by Crippen LogP contribution is 2.20. The summed E-state index contributed by atoms with van der Waals surface area (Å²) in [5.41, 5.74) is 4.41. The van der Waals surface area contributed by atoms with Gasteiger partial charge in [0.25, 0.3) is 0 Å². The van der Waals surface area contributed by atoms with Crippen LogP contribution in [-0.2, 0) is 6.42 Å². The average Bonchev–Trinajstić information content (AvgIpc) is 2.48. The van der Waals surface area contributed by atoms with Crippen molar-refractivity contribution in [2.45, 2.75) is 18.5 Å². The van der Waals surface area contributed by atoms with E-state index in [0.717, 1.165) is 13.0 Å². The van der Waals surface area contributed by atoms with Crippen LogP contribution in [0.2, 0.25) is 0 Å². The second-order valence-electron chi connectivity index (χ2n) is 5.51. The van der Waals surface area contributed by atoms with E-state index in [2.05, 4.69) is 62.1 Å². The Morgan fingerprint density at radius 2 is 1.89 bits per heavy atom. The molecule has 4 rings (SSSR count). The normalized spacial score (nSPS) is 31.4. The van der Waals surface area contributed by atoms with Crippen LogP contribution >= 0.6 is 22.6 Å². The van der Waals surface area contributed by atoms with E-state index in [9.17, 15) is 0 Å². The summed E-state index contributed by atoms with van der Waals surface area (Å²) in [6.45, 7) is 5.97. The molecule has 0 saturated carbocycles. The predicted molar refractivity (Wildman–Crippen MR) is 85.8 cm³/mol. The minimum absolute atomic E-state index is 0.336. The Balaban J connectivity index is 1.68. The van der Waals surface area contributed by atoms with Crippen molar-refractivity contribution in [2.75, 3.05) is 32.7 Å². The summed E-state index contributed by atoms with van der Waals surface area (Å²) in [5, 5.41) is 0. The smallest absolute Gasteiger partial charge is 0.0418 e. The highest BCUT2D eigenvalue weighted by Gasteiger charge is 2.36. The number of halogens is 1. The van der Waals surface area contributed by atoms with Crippen LogP contribution in [0.5, 0.6) is 0 Å². The van der Waals surface area contributed by atoms with Gasteiger partial charge < -0.3 is 0 Å². The molecule has 2 bridgehead atoms. The topological polar surface area (TPSA) is 44.5 Å². The molecule has 2 unspecified atom stereocenters. The number of nitrogens with one attached hydrogen (secondary N) is 1. The van der Waals surface area contributed by atoms with Crippen molar-refractivity contribution >= 4 is 22.6 Å². The summed E-state index contributed by atoms with van der Waals surface area (Å²) < 4.78 is 1.28. The maximum Gasteiger partial charge on any atom is 0.0418 e. The summed E-state index contributed by atoms with van der Waals surface area (Å²) in [7, 11) is 0.